The molecular weight excluding hydrogens is 348 g/mol. The Morgan fingerprint density at radius 1 is 1.12 bits per heavy atom. The Morgan fingerprint density at radius 3 is 2.62 bits per heavy atom. The Labute approximate surface area is 156 Å². The summed E-state index contributed by atoms with van der Waals surface area (Å²) in [7, 11) is 0. The predicted molar refractivity (Wildman–Crippen MR) is 106 cm³/mol. The highest BCUT2D eigenvalue weighted by Crippen LogP contribution is 2.34. The largest absolute Gasteiger partial charge is 0.509 e. The number of H-pyrrole nitrogens is 1. The van der Waals surface area contributed by atoms with E-state index in [-0.39, 0.29) is 18.1 Å². The molecule has 1 aromatic heterocycles. The summed E-state index contributed by atoms with van der Waals surface area (Å²) in [5.41, 5.74) is 6.28. The maximum absolute atomic E-state index is 10.5. The zero-order valence-electron chi connectivity index (χ0n) is 14.8. The summed E-state index contributed by atoms with van der Waals surface area (Å²) in [6.45, 7) is 6.28. The van der Waals surface area contributed by atoms with E-state index in [2.05, 4.69) is 9.97 Å². The zero-order chi connectivity index (χ0) is 18.6. The molecule has 1 aliphatic rings. The van der Waals surface area contributed by atoms with Gasteiger partial charge in [-0.1, -0.05) is 17.7 Å². The van der Waals surface area contributed by atoms with E-state index in [0.29, 0.717) is 16.4 Å². The molecule has 0 radical (unpaired) electrons. The summed E-state index contributed by atoms with van der Waals surface area (Å²) in [6, 6.07) is 9.59. The summed E-state index contributed by atoms with van der Waals surface area (Å²) >= 11 is 6.12. The van der Waals surface area contributed by atoms with Gasteiger partial charge in [-0.3, -0.25) is 5.41 Å². The fourth-order valence-electron chi connectivity index (χ4n) is 3.30. The van der Waals surface area contributed by atoms with Gasteiger partial charge in [0.2, 0.25) is 0 Å². The smallest absolute Gasteiger partial charge is 0.145 e. The molecular formula is C20H19ClN4O. The molecule has 26 heavy (non-hydrogen) atoms. The van der Waals surface area contributed by atoms with Crippen molar-refractivity contribution < 1.29 is 5.11 Å². The predicted octanol–water partition coefficient (Wildman–Crippen LogP) is 4.91. The quantitative estimate of drug-likeness (QED) is 0.603. The highest BCUT2D eigenvalue weighted by atomic mass is 35.5. The van der Waals surface area contributed by atoms with Gasteiger partial charge in [-0.15, -0.1) is 0 Å². The number of nitrogens with zero attached hydrogens (tertiary/aromatic N) is 2. The Kier molecular flexibility index (Phi) is 3.77. The van der Waals surface area contributed by atoms with Crippen molar-refractivity contribution in [1.29, 1.82) is 5.41 Å². The van der Waals surface area contributed by atoms with Crippen molar-refractivity contribution >= 4 is 39.7 Å². The lowest BCUT2D eigenvalue weighted by molar-refractivity contribution is 0.411. The monoisotopic (exact) mass is 366 g/mol. The molecule has 0 amide bonds. The second kappa shape index (κ2) is 5.88. The molecule has 0 aliphatic carbocycles. The molecule has 0 saturated heterocycles. The number of hydrogen-bond acceptors (Lipinski definition) is 3. The average molecular weight is 367 g/mol. The average Bonchev–Trinajstić information content (AvgIpc) is 3.10. The van der Waals surface area contributed by atoms with Gasteiger partial charge >= 0.3 is 0 Å². The molecule has 4 rings (SSSR count). The lowest BCUT2D eigenvalue weighted by Crippen LogP contribution is -2.27. The van der Waals surface area contributed by atoms with Crippen LogP contribution >= 0.6 is 11.6 Å². The van der Waals surface area contributed by atoms with E-state index in [9.17, 15) is 5.11 Å². The molecule has 2 heterocycles. The normalized spacial score (nSPS) is 14.8. The molecule has 5 nitrogen and oxygen atoms in total. The van der Waals surface area contributed by atoms with Crippen LogP contribution in [0.5, 0.6) is 0 Å². The van der Waals surface area contributed by atoms with Crippen molar-refractivity contribution in [3.05, 3.63) is 63.6 Å². The maximum Gasteiger partial charge on any atom is 0.145 e. The van der Waals surface area contributed by atoms with Crippen molar-refractivity contribution in [2.24, 2.45) is 0 Å². The third-order valence-corrected chi connectivity index (χ3v) is 5.13. The van der Waals surface area contributed by atoms with E-state index >= 15 is 0 Å². The lowest BCUT2D eigenvalue weighted by Gasteiger charge is -2.21. The Hall–Kier alpha value is -2.79. The molecule has 0 spiro atoms. The van der Waals surface area contributed by atoms with Gasteiger partial charge in [0.05, 0.1) is 23.2 Å². The highest BCUT2D eigenvalue weighted by Gasteiger charge is 2.32. The van der Waals surface area contributed by atoms with Gasteiger partial charge in [-0.2, -0.15) is 0 Å². The fourth-order valence-corrected chi connectivity index (χ4v) is 3.46. The van der Waals surface area contributed by atoms with Crippen molar-refractivity contribution in [3.8, 4) is 0 Å². The lowest BCUT2D eigenvalue weighted by atomic mass is 10.1. The first-order valence-corrected chi connectivity index (χ1v) is 8.75. The van der Waals surface area contributed by atoms with Gasteiger partial charge in [-0.25, -0.2) is 4.98 Å². The molecule has 132 valence electrons. The summed E-state index contributed by atoms with van der Waals surface area (Å²) < 4.78 is 0. The number of aliphatic hydroxyl groups excluding tert-OH is 1. The Morgan fingerprint density at radius 2 is 1.85 bits per heavy atom. The van der Waals surface area contributed by atoms with Crippen LogP contribution in [0.4, 0.5) is 5.69 Å². The first kappa shape index (κ1) is 16.7. The van der Waals surface area contributed by atoms with Crippen LogP contribution in [-0.4, -0.2) is 27.5 Å². The number of imidazole rings is 1. The molecule has 0 bridgehead atoms. The molecule has 0 saturated carbocycles. The van der Waals surface area contributed by atoms with Crippen LogP contribution in [0.15, 0.2) is 36.1 Å². The van der Waals surface area contributed by atoms with Crippen molar-refractivity contribution in [1.82, 2.24) is 9.97 Å². The molecule has 0 atom stereocenters. The SMILES string of the molecule is Cc1cc2nc(C3=C(O)CN(c4cc(Cl)ccc4C)C3=N)[nH]c2cc1C. The number of rotatable bonds is 2. The van der Waals surface area contributed by atoms with Crippen molar-refractivity contribution in [2.45, 2.75) is 20.8 Å². The summed E-state index contributed by atoms with van der Waals surface area (Å²) in [4.78, 5) is 9.59. The second-order valence-corrected chi connectivity index (χ2v) is 7.16. The number of nitrogens with one attached hydrogen (secondary N) is 2. The second-order valence-electron chi connectivity index (χ2n) is 6.73. The van der Waals surface area contributed by atoms with Crippen LogP contribution in [0.25, 0.3) is 16.6 Å². The summed E-state index contributed by atoms with van der Waals surface area (Å²) in [6.07, 6.45) is 0. The van der Waals surface area contributed by atoms with Crippen molar-refractivity contribution in [3.63, 3.8) is 0 Å². The maximum atomic E-state index is 10.5. The Bertz CT molecular complexity index is 1060. The highest BCUT2D eigenvalue weighted by molar-refractivity contribution is 6.32. The number of halogens is 1. The number of anilines is 1. The van der Waals surface area contributed by atoms with Crippen LogP contribution in [-0.2, 0) is 0 Å². The van der Waals surface area contributed by atoms with E-state index < -0.39 is 0 Å². The number of aromatic amines is 1. The molecule has 2 aromatic carbocycles. The standard InChI is InChI=1S/C20H19ClN4O/c1-10-4-5-13(21)8-16(10)25-9-17(26)18(19(25)22)20-23-14-6-11(2)12(3)7-15(14)24-20/h4-8,22,26H,9H2,1-3H3,(H,23,24). The number of aryl methyl sites for hydroxylation is 3. The van der Waals surface area contributed by atoms with Gasteiger partial charge < -0.3 is 15.0 Å². The number of aromatic nitrogens is 2. The number of fused-ring (bicyclic) bond motifs is 1. The van der Waals surface area contributed by atoms with Crippen LogP contribution in [0.2, 0.25) is 5.02 Å². The minimum Gasteiger partial charge on any atom is -0.509 e. The van der Waals surface area contributed by atoms with Gasteiger partial charge in [0.1, 0.15) is 17.4 Å². The van der Waals surface area contributed by atoms with E-state index in [1.54, 1.807) is 4.90 Å². The molecule has 3 N–H and O–H groups in total. The van der Waals surface area contributed by atoms with E-state index in [1.807, 2.05) is 51.1 Å². The van der Waals surface area contributed by atoms with Crippen LogP contribution in [0.3, 0.4) is 0 Å². The summed E-state index contributed by atoms with van der Waals surface area (Å²) in [5.74, 6) is 0.844. The van der Waals surface area contributed by atoms with Crippen LogP contribution in [0, 0.1) is 26.2 Å². The molecule has 6 heteroatoms. The zero-order valence-corrected chi connectivity index (χ0v) is 15.6. The van der Waals surface area contributed by atoms with Gasteiger partial charge in [0, 0.05) is 10.7 Å². The van der Waals surface area contributed by atoms with Crippen LogP contribution < -0.4 is 4.90 Å². The van der Waals surface area contributed by atoms with E-state index in [0.717, 1.165) is 27.8 Å². The first-order chi connectivity index (χ1) is 12.3. The number of amidine groups is 1. The third kappa shape index (κ3) is 2.56. The third-order valence-electron chi connectivity index (χ3n) is 4.90. The first-order valence-electron chi connectivity index (χ1n) is 8.37. The van der Waals surface area contributed by atoms with E-state index in [1.165, 1.54) is 5.56 Å². The minimum atomic E-state index is 0.127. The topological polar surface area (TPSA) is 76.0 Å². The fraction of sp³-hybridized carbons (Fsp3) is 0.200. The van der Waals surface area contributed by atoms with Gasteiger partial charge in [-0.05, 0) is 61.7 Å². The molecule has 0 unspecified atom stereocenters. The Balaban J connectivity index is 1.77. The van der Waals surface area contributed by atoms with Gasteiger partial charge in [0.25, 0.3) is 0 Å². The molecule has 3 aromatic rings. The number of aliphatic hydroxyl groups is 1. The molecule has 1 aliphatic heterocycles. The number of benzene rings is 2. The molecule has 0 fully saturated rings. The van der Waals surface area contributed by atoms with Crippen LogP contribution in [0.1, 0.15) is 22.5 Å². The summed E-state index contributed by atoms with van der Waals surface area (Å²) in [5, 5.41) is 19.7. The van der Waals surface area contributed by atoms with Gasteiger partial charge in [0.15, 0.2) is 0 Å². The van der Waals surface area contributed by atoms with E-state index in [4.69, 9.17) is 17.0 Å². The number of hydrogen-bond donors (Lipinski definition) is 3. The minimum absolute atomic E-state index is 0.127. The van der Waals surface area contributed by atoms with Crippen molar-refractivity contribution in [2.75, 3.05) is 11.4 Å².